The van der Waals surface area contributed by atoms with E-state index in [-0.39, 0.29) is 0 Å². The normalized spacial score (nSPS) is 9.50. The summed E-state index contributed by atoms with van der Waals surface area (Å²) in [5, 5.41) is 0.629. The minimum Gasteiger partial charge on any atom is -0.277 e. The third-order valence-electron chi connectivity index (χ3n) is 1.25. The second-order valence-electron chi connectivity index (χ2n) is 1.98. The average Bonchev–Trinajstić information content (AvgIpc) is 2.10. The zero-order valence-electron chi connectivity index (χ0n) is 5.91. The van der Waals surface area contributed by atoms with Gasteiger partial charge >= 0.3 is 0 Å². The van der Waals surface area contributed by atoms with Gasteiger partial charge in [0.05, 0.1) is 16.8 Å². The maximum atomic E-state index is 10.4. The number of carbonyl (C=O) groups excluding carboxylic acids is 1. The standard InChI is InChI=1S/C7H5Cl2NOS/c8-6-1-3-7(4-2-6)10(5-11)12-9/h1-5H. The van der Waals surface area contributed by atoms with E-state index in [4.69, 9.17) is 22.3 Å². The molecule has 0 saturated heterocycles. The van der Waals surface area contributed by atoms with Crippen molar-refractivity contribution >= 4 is 45.5 Å². The summed E-state index contributed by atoms with van der Waals surface area (Å²) >= 11 is 6.48. The number of rotatable bonds is 3. The van der Waals surface area contributed by atoms with Gasteiger partial charge in [-0.1, -0.05) is 11.6 Å². The van der Waals surface area contributed by atoms with E-state index in [2.05, 4.69) is 0 Å². The van der Waals surface area contributed by atoms with Crippen molar-refractivity contribution in [3.8, 4) is 0 Å². The molecule has 0 atom stereocenters. The Morgan fingerprint density at radius 1 is 1.33 bits per heavy atom. The molecule has 0 radical (unpaired) electrons. The number of hydrogen-bond donors (Lipinski definition) is 0. The first kappa shape index (κ1) is 9.71. The fourth-order valence-electron chi connectivity index (χ4n) is 0.705. The average molecular weight is 222 g/mol. The van der Waals surface area contributed by atoms with Crippen LogP contribution < -0.4 is 4.31 Å². The molecule has 1 aromatic carbocycles. The van der Waals surface area contributed by atoms with Crippen LogP contribution in [0.5, 0.6) is 0 Å². The van der Waals surface area contributed by atoms with Crippen LogP contribution in [0.4, 0.5) is 5.69 Å². The Kier molecular flexibility index (Phi) is 3.72. The van der Waals surface area contributed by atoms with Gasteiger partial charge in [0.15, 0.2) is 0 Å². The van der Waals surface area contributed by atoms with Crippen LogP contribution in [0.1, 0.15) is 0 Å². The number of carbonyl (C=O) groups is 1. The van der Waals surface area contributed by atoms with Crippen LogP contribution in [-0.2, 0) is 4.79 Å². The summed E-state index contributed by atoms with van der Waals surface area (Å²) in [6, 6.07) is 6.82. The third-order valence-corrected chi connectivity index (χ3v) is 2.39. The maximum Gasteiger partial charge on any atom is 0.225 e. The Balaban J connectivity index is 2.87. The lowest BCUT2D eigenvalue weighted by Crippen LogP contribution is -2.07. The van der Waals surface area contributed by atoms with Crippen molar-refractivity contribution in [3.05, 3.63) is 29.3 Å². The molecule has 2 nitrogen and oxygen atoms in total. The van der Waals surface area contributed by atoms with Gasteiger partial charge in [-0.05, 0) is 34.9 Å². The molecular weight excluding hydrogens is 217 g/mol. The first-order valence-corrected chi connectivity index (χ1v) is 5.04. The fraction of sp³-hybridized carbons (Fsp3) is 0. The highest BCUT2D eigenvalue weighted by Crippen LogP contribution is 2.24. The first-order chi connectivity index (χ1) is 5.77. The summed E-state index contributed by atoms with van der Waals surface area (Å²) in [5.74, 6) is 0. The lowest BCUT2D eigenvalue weighted by Gasteiger charge is -2.10. The molecule has 1 aromatic rings. The summed E-state index contributed by atoms with van der Waals surface area (Å²) in [6.45, 7) is 0. The Morgan fingerprint density at radius 3 is 2.33 bits per heavy atom. The van der Waals surface area contributed by atoms with Crippen molar-refractivity contribution in [2.24, 2.45) is 0 Å². The molecule has 1 amide bonds. The topological polar surface area (TPSA) is 20.3 Å². The van der Waals surface area contributed by atoms with Crippen molar-refractivity contribution in [1.29, 1.82) is 0 Å². The molecule has 0 heterocycles. The zero-order valence-corrected chi connectivity index (χ0v) is 8.23. The molecule has 0 N–H and O–H groups in total. The fourth-order valence-corrected chi connectivity index (χ4v) is 1.40. The van der Waals surface area contributed by atoms with Gasteiger partial charge in [-0.15, -0.1) is 0 Å². The molecule has 0 aliphatic carbocycles. The van der Waals surface area contributed by atoms with Gasteiger partial charge in [-0.2, -0.15) is 0 Å². The first-order valence-electron chi connectivity index (χ1n) is 3.06. The molecule has 0 aliphatic heterocycles. The van der Waals surface area contributed by atoms with Gasteiger partial charge in [-0.3, -0.25) is 4.79 Å². The molecule has 0 aliphatic rings. The van der Waals surface area contributed by atoms with Crippen LogP contribution in [0.15, 0.2) is 24.3 Å². The van der Waals surface area contributed by atoms with Gasteiger partial charge in [0.25, 0.3) is 0 Å². The minimum atomic E-state index is 0.629. The van der Waals surface area contributed by atoms with E-state index in [0.717, 1.165) is 11.2 Å². The van der Waals surface area contributed by atoms with Crippen molar-refractivity contribution in [2.75, 3.05) is 4.31 Å². The van der Waals surface area contributed by atoms with Crippen LogP contribution in [0.2, 0.25) is 5.02 Å². The lowest BCUT2D eigenvalue weighted by molar-refractivity contribution is -0.106. The van der Waals surface area contributed by atoms with Crippen molar-refractivity contribution in [2.45, 2.75) is 0 Å². The van der Waals surface area contributed by atoms with Gasteiger partial charge in [0.2, 0.25) is 6.41 Å². The van der Waals surface area contributed by atoms with Gasteiger partial charge in [0.1, 0.15) is 0 Å². The minimum absolute atomic E-state index is 0.629. The highest BCUT2D eigenvalue weighted by Gasteiger charge is 2.02. The molecule has 0 unspecified atom stereocenters. The van der Waals surface area contributed by atoms with Crippen LogP contribution >= 0.6 is 33.4 Å². The van der Waals surface area contributed by atoms with Gasteiger partial charge in [0, 0.05) is 5.02 Å². The number of halogens is 2. The Hall–Kier alpha value is -0.380. The molecule has 0 bridgehead atoms. The van der Waals surface area contributed by atoms with Crippen molar-refractivity contribution < 1.29 is 4.79 Å². The van der Waals surface area contributed by atoms with E-state index < -0.39 is 0 Å². The van der Waals surface area contributed by atoms with E-state index in [0.29, 0.717) is 17.1 Å². The second kappa shape index (κ2) is 4.60. The Bertz CT molecular complexity index is 265. The molecule has 1 rings (SSSR count). The number of hydrogen-bond acceptors (Lipinski definition) is 2. The van der Waals surface area contributed by atoms with E-state index in [1.807, 2.05) is 0 Å². The number of benzene rings is 1. The van der Waals surface area contributed by atoms with E-state index in [9.17, 15) is 4.79 Å². The monoisotopic (exact) mass is 221 g/mol. The lowest BCUT2D eigenvalue weighted by atomic mass is 10.3. The highest BCUT2D eigenvalue weighted by atomic mass is 35.7. The number of anilines is 1. The van der Waals surface area contributed by atoms with Crippen LogP contribution in [0, 0.1) is 0 Å². The van der Waals surface area contributed by atoms with Gasteiger partial charge < -0.3 is 0 Å². The zero-order chi connectivity index (χ0) is 8.97. The largest absolute Gasteiger partial charge is 0.277 e. The summed E-state index contributed by atoms with van der Waals surface area (Å²) in [6.07, 6.45) is 0.640. The van der Waals surface area contributed by atoms with E-state index in [1.54, 1.807) is 24.3 Å². The summed E-state index contributed by atoms with van der Waals surface area (Å²) < 4.78 is 1.29. The smallest absolute Gasteiger partial charge is 0.225 e. The molecule has 5 heteroatoms. The summed E-state index contributed by atoms with van der Waals surface area (Å²) in [4.78, 5) is 10.4. The van der Waals surface area contributed by atoms with E-state index in [1.165, 1.54) is 4.31 Å². The molecule has 0 fully saturated rings. The highest BCUT2D eigenvalue weighted by molar-refractivity contribution is 8.22. The van der Waals surface area contributed by atoms with Crippen molar-refractivity contribution in [3.63, 3.8) is 0 Å². The predicted octanol–water partition coefficient (Wildman–Crippen LogP) is 3.10. The summed E-state index contributed by atoms with van der Waals surface area (Å²) in [5.41, 5.74) is 0.703. The number of nitrogens with zero attached hydrogens (tertiary/aromatic N) is 1. The molecular formula is C7H5Cl2NOS. The molecule has 0 spiro atoms. The van der Waals surface area contributed by atoms with Crippen molar-refractivity contribution in [1.82, 2.24) is 0 Å². The Morgan fingerprint density at radius 2 is 1.92 bits per heavy atom. The van der Waals surface area contributed by atoms with E-state index >= 15 is 0 Å². The van der Waals surface area contributed by atoms with Crippen LogP contribution in [0.3, 0.4) is 0 Å². The molecule has 64 valence electrons. The van der Waals surface area contributed by atoms with Gasteiger partial charge in [-0.25, -0.2) is 4.31 Å². The van der Waals surface area contributed by atoms with Crippen LogP contribution in [0.25, 0.3) is 0 Å². The second-order valence-corrected chi connectivity index (χ2v) is 3.36. The summed E-state index contributed by atoms with van der Waals surface area (Å²) in [7, 11) is 5.42. The predicted molar refractivity (Wildman–Crippen MR) is 53.4 cm³/mol. The SMILES string of the molecule is O=CN(SCl)c1ccc(Cl)cc1. The third kappa shape index (κ3) is 2.30. The van der Waals surface area contributed by atoms with Crippen LogP contribution in [-0.4, -0.2) is 6.41 Å². The maximum absolute atomic E-state index is 10.4. The molecule has 0 saturated carbocycles. The molecule has 12 heavy (non-hydrogen) atoms. The quantitative estimate of drug-likeness (QED) is 0.578. The Labute approximate surface area is 84.1 Å². The molecule has 0 aromatic heterocycles. The number of amides is 1.